The third-order valence-corrected chi connectivity index (χ3v) is 5.03. The third kappa shape index (κ3) is 3.84. The summed E-state index contributed by atoms with van der Waals surface area (Å²) < 4.78 is 37.4. The van der Waals surface area contributed by atoms with E-state index in [4.69, 9.17) is 9.00 Å². The van der Waals surface area contributed by atoms with Crippen LogP contribution in [0.1, 0.15) is 15.5 Å². The Labute approximate surface area is 148 Å². The van der Waals surface area contributed by atoms with Crippen LogP contribution in [-0.4, -0.2) is 25.4 Å². The van der Waals surface area contributed by atoms with Crippen molar-refractivity contribution < 1.29 is 17.6 Å². The highest BCUT2D eigenvalue weighted by Crippen LogP contribution is 2.30. The first-order valence-corrected chi connectivity index (χ1v) is 9.71. The molecule has 24 heavy (non-hydrogen) atoms. The molecular formula is C17H15BF2O2S2. The Balaban J connectivity index is 1.97. The second-order valence-electron chi connectivity index (χ2n) is 5.10. The quantitative estimate of drug-likeness (QED) is 0.418. The van der Waals surface area contributed by atoms with Crippen molar-refractivity contribution in [2.75, 3.05) is 12.5 Å². The maximum atomic E-state index is 13.9. The lowest BCUT2D eigenvalue weighted by Crippen LogP contribution is -2.31. The molecular weight excluding hydrogens is 349 g/mol. The Bertz CT molecular complexity index is 787. The number of carbonyl (C=O) groups excluding carboxylic acids is 1. The molecule has 2 aromatic rings. The molecule has 0 fully saturated rings. The highest BCUT2D eigenvalue weighted by molar-refractivity contribution is 7.98. The smallest absolute Gasteiger partial charge is 0.569 e. The first-order chi connectivity index (χ1) is 11.5. The Hall–Kier alpha value is -1.73. The van der Waals surface area contributed by atoms with Gasteiger partial charge >= 0.3 is 7.11 Å². The van der Waals surface area contributed by atoms with Crippen molar-refractivity contribution in [3.63, 3.8) is 0 Å². The van der Waals surface area contributed by atoms with Gasteiger partial charge in [-0.15, -0.1) is 23.5 Å². The van der Waals surface area contributed by atoms with Gasteiger partial charge in [-0.05, 0) is 48.9 Å². The summed E-state index contributed by atoms with van der Waals surface area (Å²) in [5, 5.41) is 0. The van der Waals surface area contributed by atoms with Gasteiger partial charge in [0.15, 0.2) is 0 Å². The van der Waals surface area contributed by atoms with Crippen molar-refractivity contribution in [3.05, 3.63) is 65.7 Å². The molecule has 1 aliphatic rings. The normalized spacial score (nSPS) is 16.2. The van der Waals surface area contributed by atoms with Crippen LogP contribution in [0.25, 0.3) is 5.76 Å². The lowest BCUT2D eigenvalue weighted by molar-refractivity contribution is -0.183. The van der Waals surface area contributed by atoms with E-state index in [-0.39, 0.29) is 11.5 Å². The van der Waals surface area contributed by atoms with Crippen LogP contribution in [0.2, 0.25) is 0 Å². The Kier molecular flexibility index (Phi) is 5.01. The largest absolute Gasteiger partial charge is 0.995 e. The summed E-state index contributed by atoms with van der Waals surface area (Å²) in [5.41, 5.74) is 1.19. The van der Waals surface area contributed by atoms with Gasteiger partial charge in [-0.1, -0.05) is 12.1 Å². The van der Waals surface area contributed by atoms with E-state index >= 15 is 0 Å². The number of thioether (sulfide) groups is 2. The van der Waals surface area contributed by atoms with Crippen molar-refractivity contribution in [1.82, 2.24) is 0 Å². The number of halogens is 2. The number of hydrogen-bond acceptors (Lipinski definition) is 3. The summed E-state index contributed by atoms with van der Waals surface area (Å²) in [6, 6.07) is 14.6. The van der Waals surface area contributed by atoms with Crippen LogP contribution in [0.3, 0.4) is 0 Å². The van der Waals surface area contributed by atoms with Gasteiger partial charge < -0.3 is 17.6 Å². The molecule has 0 aliphatic carbocycles. The van der Waals surface area contributed by atoms with Gasteiger partial charge in [0.05, 0.1) is 17.4 Å². The number of hydrogen-bond donors (Lipinski definition) is 0. The van der Waals surface area contributed by atoms with E-state index in [2.05, 4.69) is 0 Å². The zero-order valence-corrected chi connectivity index (χ0v) is 14.8. The van der Waals surface area contributed by atoms with Crippen LogP contribution < -0.4 is 0 Å². The van der Waals surface area contributed by atoms with Gasteiger partial charge in [-0.25, -0.2) is 0 Å². The van der Waals surface area contributed by atoms with E-state index in [0.717, 1.165) is 9.79 Å². The van der Waals surface area contributed by atoms with Gasteiger partial charge in [-0.2, -0.15) is 0 Å². The van der Waals surface area contributed by atoms with Crippen LogP contribution in [0.15, 0.2) is 64.4 Å². The zero-order valence-electron chi connectivity index (χ0n) is 13.2. The van der Waals surface area contributed by atoms with Gasteiger partial charge in [0.25, 0.3) is 5.78 Å². The predicted octanol–water partition coefficient (Wildman–Crippen LogP) is 5.29. The zero-order chi connectivity index (χ0) is 17.2. The summed E-state index contributed by atoms with van der Waals surface area (Å²) in [5.74, 6) is 0.227. The van der Waals surface area contributed by atoms with Crippen molar-refractivity contribution >= 4 is 42.2 Å². The van der Waals surface area contributed by atoms with Crippen LogP contribution in [0.5, 0.6) is 0 Å². The first kappa shape index (κ1) is 17.1. The van der Waals surface area contributed by atoms with Gasteiger partial charge in [0.1, 0.15) is 0 Å². The molecule has 1 aliphatic heterocycles. The summed E-state index contributed by atoms with van der Waals surface area (Å²) in [6.07, 6.45) is 5.43. The van der Waals surface area contributed by atoms with E-state index in [1.807, 2.05) is 36.8 Å². The van der Waals surface area contributed by atoms with Gasteiger partial charge in [0, 0.05) is 15.4 Å². The summed E-state index contributed by atoms with van der Waals surface area (Å²) >= 11 is 3.18. The minimum Gasteiger partial charge on any atom is -0.569 e. The van der Waals surface area contributed by atoms with E-state index in [9.17, 15) is 8.63 Å². The third-order valence-electron chi connectivity index (χ3n) is 3.54. The van der Waals surface area contributed by atoms with Crippen molar-refractivity contribution in [1.29, 1.82) is 0 Å². The van der Waals surface area contributed by atoms with Gasteiger partial charge in [-0.3, -0.25) is 0 Å². The number of rotatable bonds is 4. The average molecular weight is 364 g/mol. The van der Waals surface area contributed by atoms with Crippen molar-refractivity contribution in [2.24, 2.45) is 0 Å². The lowest BCUT2D eigenvalue weighted by atomic mass is 10.0. The highest BCUT2D eigenvalue weighted by Gasteiger charge is 2.53. The minimum atomic E-state index is -4.39. The molecule has 1 heterocycles. The number of ketones is 1. The summed E-state index contributed by atoms with van der Waals surface area (Å²) in [4.78, 5) is 2.11. The van der Waals surface area contributed by atoms with Crippen LogP contribution in [-0.2, 0) is 4.65 Å². The molecule has 3 rings (SSSR count). The summed E-state index contributed by atoms with van der Waals surface area (Å²) in [6.45, 7) is 0. The standard InChI is InChI=1S/C17H15BF2O2S2/c1-23-14-7-3-12(4-8-14)16-11-17(22-18(19,20)21-16)13-5-9-15(24-2)10-6-13/h3-11H,1-2H3. The van der Waals surface area contributed by atoms with E-state index in [1.165, 1.54) is 6.08 Å². The second kappa shape index (κ2) is 7.03. The molecule has 0 aromatic heterocycles. The lowest BCUT2D eigenvalue weighted by Gasteiger charge is -2.20. The fourth-order valence-corrected chi connectivity index (χ4v) is 3.14. The molecule has 0 amide bonds. The topological polar surface area (TPSA) is 20.5 Å². The van der Waals surface area contributed by atoms with Crippen LogP contribution >= 0.6 is 23.5 Å². The second-order valence-corrected chi connectivity index (χ2v) is 6.86. The molecule has 0 spiro atoms. The Morgan fingerprint density at radius 3 is 1.83 bits per heavy atom. The van der Waals surface area contributed by atoms with E-state index < -0.39 is 7.11 Å². The molecule has 0 N–H and O–H groups in total. The van der Waals surface area contributed by atoms with Crippen molar-refractivity contribution in [2.45, 2.75) is 9.79 Å². The Morgan fingerprint density at radius 1 is 0.833 bits per heavy atom. The first-order valence-electron chi connectivity index (χ1n) is 7.26. The number of benzene rings is 2. The molecule has 0 radical (unpaired) electrons. The summed E-state index contributed by atoms with van der Waals surface area (Å²) in [7, 11) is -4.39. The fourth-order valence-electron chi connectivity index (χ4n) is 2.32. The molecule has 124 valence electrons. The fraction of sp³-hybridized carbons (Fsp3) is 0.118. The highest BCUT2D eigenvalue weighted by atomic mass is 32.2. The van der Waals surface area contributed by atoms with Gasteiger partial charge in [0.2, 0.25) is 0 Å². The minimum absolute atomic E-state index is 0.114. The number of allylic oxidation sites excluding steroid dienone is 1. The molecule has 0 unspecified atom stereocenters. The van der Waals surface area contributed by atoms with E-state index in [1.54, 1.807) is 47.8 Å². The Morgan fingerprint density at radius 2 is 1.33 bits per heavy atom. The molecule has 0 saturated heterocycles. The molecule has 0 bridgehead atoms. The van der Waals surface area contributed by atoms with E-state index in [0.29, 0.717) is 11.1 Å². The molecule has 2 nitrogen and oxygen atoms in total. The van der Waals surface area contributed by atoms with Crippen molar-refractivity contribution in [3.8, 4) is 0 Å². The molecule has 7 heteroatoms. The van der Waals surface area contributed by atoms with Crippen LogP contribution in [0.4, 0.5) is 8.63 Å². The SMILES string of the molecule is CSc1ccc(C2=CC(c3ccc(SC)cc3)=[O+][B-](F)(F)O2)cc1. The van der Waals surface area contributed by atoms with Crippen LogP contribution in [0, 0.1) is 0 Å². The average Bonchev–Trinajstić information content (AvgIpc) is 2.60. The molecule has 0 saturated carbocycles. The predicted molar refractivity (Wildman–Crippen MR) is 97.8 cm³/mol. The molecule has 2 aromatic carbocycles. The maximum absolute atomic E-state index is 13.9. The monoisotopic (exact) mass is 364 g/mol. The maximum Gasteiger partial charge on any atom is 0.995 e. The molecule has 0 atom stereocenters.